The van der Waals surface area contributed by atoms with Crippen LogP contribution < -0.4 is 4.40 Å². The lowest BCUT2D eigenvalue weighted by Crippen LogP contribution is -2.28. The molecule has 0 saturated heterocycles. The van der Waals surface area contributed by atoms with Gasteiger partial charge in [-0.3, -0.25) is 4.79 Å². The number of carbonyl (C=O) groups excluding carboxylic acids is 1. The minimum absolute atomic E-state index is 0.159. The fourth-order valence-electron chi connectivity index (χ4n) is 2.64. The van der Waals surface area contributed by atoms with Gasteiger partial charge < -0.3 is 0 Å². The van der Waals surface area contributed by atoms with Gasteiger partial charge in [-0.15, -0.1) is 0 Å². The first kappa shape index (κ1) is 16.0. The van der Waals surface area contributed by atoms with Gasteiger partial charge in [0.05, 0.1) is 11.3 Å². The van der Waals surface area contributed by atoms with Crippen LogP contribution in [0.2, 0.25) is 5.02 Å². The highest BCUT2D eigenvalue weighted by Crippen LogP contribution is 2.17. The monoisotopic (exact) mass is 412 g/mol. The number of hydrogen-bond acceptors (Lipinski definition) is 2. The third kappa shape index (κ3) is 2.97. The molecule has 0 unspecified atom stereocenters. The van der Waals surface area contributed by atoms with Crippen LogP contribution in [0.4, 0.5) is 0 Å². The second-order valence-electron chi connectivity index (χ2n) is 5.48. The van der Waals surface area contributed by atoms with E-state index >= 15 is 0 Å². The highest BCUT2D eigenvalue weighted by Gasteiger charge is 2.27. The first-order valence-electron chi connectivity index (χ1n) is 7.59. The molecule has 0 N–H and O–H groups in total. The maximum Gasteiger partial charge on any atom is 0.355 e. The fourth-order valence-corrected chi connectivity index (χ4v) is 3.03. The van der Waals surface area contributed by atoms with Crippen LogP contribution in [0.3, 0.4) is 0 Å². The van der Waals surface area contributed by atoms with Crippen molar-refractivity contribution in [3.05, 3.63) is 93.8 Å². The molecule has 25 heavy (non-hydrogen) atoms. The lowest BCUT2D eigenvalue weighted by atomic mass is 10.1. The van der Waals surface area contributed by atoms with Gasteiger partial charge in [-0.1, -0.05) is 38.3 Å². The third-order valence-corrected chi connectivity index (χ3v) is 4.64. The number of pyridine rings is 1. The summed E-state index contributed by atoms with van der Waals surface area (Å²) in [5.74, 6) is 0.189. The Morgan fingerprint density at radius 1 is 1.00 bits per heavy atom. The molecular formula is C19H12BrClN3O+. The molecular weight excluding hydrogens is 402 g/mol. The van der Waals surface area contributed by atoms with E-state index in [4.69, 9.17) is 11.6 Å². The van der Waals surface area contributed by atoms with E-state index in [1.807, 2.05) is 48.7 Å². The molecule has 0 amide bonds. The average molecular weight is 414 g/mol. The van der Waals surface area contributed by atoms with E-state index in [1.165, 1.54) is 0 Å². The van der Waals surface area contributed by atoms with E-state index in [-0.39, 0.29) is 5.78 Å². The minimum Gasteiger partial charge on any atom is -0.282 e. The van der Waals surface area contributed by atoms with Gasteiger partial charge in [0, 0.05) is 21.1 Å². The second kappa shape index (κ2) is 6.43. The molecule has 0 radical (unpaired) electrons. The van der Waals surface area contributed by atoms with E-state index in [1.54, 1.807) is 33.3 Å². The number of hydrogen-bond donors (Lipinski definition) is 0. The summed E-state index contributed by atoms with van der Waals surface area (Å²) in [5.41, 5.74) is 2.23. The molecule has 0 fully saturated rings. The normalized spacial score (nSPS) is 11.0. The maximum absolute atomic E-state index is 12.9. The number of ketones is 1. The summed E-state index contributed by atoms with van der Waals surface area (Å²) in [5, 5.41) is 5.16. The largest absolute Gasteiger partial charge is 0.355 e. The van der Waals surface area contributed by atoms with Crippen molar-refractivity contribution in [2.45, 2.75) is 0 Å². The molecule has 6 heteroatoms. The molecule has 2 heterocycles. The zero-order valence-electron chi connectivity index (χ0n) is 12.9. The van der Waals surface area contributed by atoms with Crippen LogP contribution in [-0.4, -0.2) is 15.6 Å². The molecule has 2 aromatic heterocycles. The average Bonchev–Trinajstić information content (AvgIpc) is 3.02. The molecule has 0 spiro atoms. The Balaban J connectivity index is 1.89. The number of fused-ring (bicyclic) bond motifs is 1. The molecule has 4 aromatic rings. The molecule has 122 valence electrons. The third-order valence-electron chi connectivity index (χ3n) is 3.86. The van der Waals surface area contributed by atoms with Crippen LogP contribution in [0.15, 0.2) is 77.4 Å². The first-order chi connectivity index (χ1) is 12.1. The molecule has 0 atom stereocenters. The maximum atomic E-state index is 12.9. The summed E-state index contributed by atoms with van der Waals surface area (Å²) in [7, 11) is 0. The summed E-state index contributed by atoms with van der Waals surface area (Å²) < 4.78 is 4.53. The van der Waals surface area contributed by atoms with Crippen molar-refractivity contribution >= 4 is 39.0 Å². The Morgan fingerprint density at radius 2 is 1.72 bits per heavy atom. The first-order valence-corrected chi connectivity index (χ1v) is 8.76. The summed E-state index contributed by atoms with van der Waals surface area (Å²) in [4.78, 5) is 12.9. The molecule has 0 saturated carbocycles. The minimum atomic E-state index is -0.159. The zero-order chi connectivity index (χ0) is 17.4. The Kier molecular flexibility index (Phi) is 4.11. The Morgan fingerprint density at radius 3 is 2.44 bits per heavy atom. The molecule has 4 nitrogen and oxygen atoms in total. The van der Waals surface area contributed by atoms with Gasteiger partial charge in [0.15, 0.2) is 0 Å². The Labute approximate surface area is 157 Å². The molecule has 0 aliphatic rings. The van der Waals surface area contributed by atoms with Crippen molar-refractivity contribution in [1.29, 1.82) is 0 Å². The zero-order valence-corrected chi connectivity index (χ0v) is 15.3. The van der Waals surface area contributed by atoms with Gasteiger partial charge in [0.2, 0.25) is 0 Å². The Hall–Kier alpha value is -2.50. The highest BCUT2D eigenvalue weighted by atomic mass is 79.9. The predicted molar refractivity (Wildman–Crippen MR) is 99.3 cm³/mol. The number of nitrogens with zero attached hydrogens (tertiary/aromatic N) is 3. The van der Waals surface area contributed by atoms with Crippen molar-refractivity contribution < 1.29 is 9.20 Å². The van der Waals surface area contributed by atoms with Crippen LogP contribution in [0.5, 0.6) is 0 Å². The van der Waals surface area contributed by atoms with Crippen molar-refractivity contribution in [3.63, 3.8) is 0 Å². The van der Waals surface area contributed by atoms with Crippen LogP contribution in [-0.2, 0) is 0 Å². The van der Waals surface area contributed by atoms with Gasteiger partial charge in [-0.05, 0) is 54.6 Å². The van der Waals surface area contributed by atoms with Crippen molar-refractivity contribution in [2.75, 3.05) is 0 Å². The number of benzene rings is 2. The van der Waals surface area contributed by atoms with Crippen LogP contribution >= 0.6 is 27.5 Å². The topological polar surface area (TPSA) is 39.0 Å². The molecule has 2 aromatic carbocycles. The highest BCUT2D eigenvalue weighted by molar-refractivity contribution is 9.10. The number of aromatic nitrogens is 3. The van der Waals surface area contributed by atoms with E-state index in [0.29, 0.717) is 16.4 Å². The fraction of sp³-hybridized carbons (Fsp3) is 0. The second-order valence-corrected chi connectivity index (χ2v) is 6.83. The molecule has 0 aliphatic carbocycles. The van der Waals surface area contributed by atoms with Crippen molar-refractivity contribution in [2.24, 2.45) is 0 Å². The standard InChI is InChI=1S/C19H12BrClN3O/c20-14-6-10-16(11-7-14)24-17-3-1-2-12-23(17)19(22-24)18(25)13-4-8-15(21)9-5-13/h1-12H/q+1. The van der Waals surface area contributed by atoms with Gasteiger partial charge >= 0.3 is 5.82 Å². The van der Waals surface area contributed by atoms with E-state index < -0.39 is 0 Å². The molecule has 0 bridgehead atoms. The number of carbonyl (C=O) groups is 1. The predicted octanol–water partition coefficient (Wildman–Crippen LogP) is 4.26. The summed E-state index contributed by atoms with van der Waals surface area (Å²) in [6.45, 7) is 0. The van der Waals surface area contributed by atoms with Gasteiger partial charge in [0.25, 0.3) is 11.4 Å². The smallest absolute Gasteiger partial charge is 0.282 e. The van der Waals surface area contributed by atoms with Crippen molar-refractivity contribution in [1.82, 2.24) is 9.78 Å². The van der Waals surface area contributed by atoms with Gasteiger partial charge in [0.1, 0.15) is 5.69 Å². The van der Waals surface area contributed by atoms with Gasteiger partial charge in [-0.2, -0.15) is 4.40 Å². The van der Waals surface area contributed by atoms with Gasteiger partial charge in [-0.25, -0.2) is 0 Å². The van der Waals surface area contributed by atoms with E-state index in [0.717, 1.165) is 15.8 Å². The lowest BCUT2D eigenvalue weighted by molar-refractivity contribution is -0.515. The molecule has 0 aliphatic heterocycles. The quantitative estimate of drug-likeness (QED) is 0.372. The number of rotatable bonds is 3. The Bertz CT molecular complexity index is 1070. The van der Waals surface area contributed by atoms with Crippen LogP contribution in [0.1, 0.15) is 16.2 Å². The summed E-state index contributed by atoms with van der Waals surface area (Å²) in [6, 6.07) is 20.3. The van der Waals surface area contributed by atoms with Crippen LogP contribution in [0.25, 0.3) is 11.3 Å². The molecule has 4 rings (SSSR count). The summed E-state index contributed by atoms with van der Waals surface area (Å²) >= 11 is 9.35. The van der Waals surface area contributed by atoms with E-state index in [9.17, 15) is 4.79 Å². The summed E-state index contributed by atoms with van der Waals surface area (Å²) in [6.07, 6.45) is 1.83. The van der Waals surface area contributed by atoms with E-state index in [2.05, 4.69) is 21.0 Å². The van der Waals surface area contributed by atoms with Crippen molar-refractivity contribution in [3.8, 4) is 5.69 Å². The SMILES string of the molecule is O=C(c1ccc(Cl)cc1)c1nn(-c2ccc(Br)cc2)c2cccc[n+]12. The van der Waals surface area contributed by atoms with Crippen LogP contribution in [0, 0.1) is 0 Å². The lowest BCUT2D eigenvalue weighted by Gasteiger charge is -1.95. The number of halogens is 2.